The van der Waals surface area contributed by atoms with E-state index < -0.39 is 9.84 Å². The van der Waals surface area contributed by atoms with E-state index in [0.717, 1.165) is 20.8 Å². The summed E-state index contributed by atoms with van der Waals surface area (Å²) in [5, 5.41) is 0. The van der Waals surface area contributed by atoms with Crippen molar-refractivity contribution in [3.8, 4) is 11.8 Å². The first-order valence-electron chi connectivity index (χ1n) is 9.21. The summed E-state index contributed by atoms with van der Waals surface area (Å²) in [6, 6.07) is 14.2. The number of aromatic nitrogens is 2. The molecule has 3 aromatic heterocycles. The third-order valence-electron chi connectivity index (χ3n) is 4.59. The third kappa shape index (κ3) is 4.51. The molecule has 0 atom stereocenters. The Labute approximate surface area is 178 Å². The Morgan fingerprint density at radius 1 is 1.07 bits per heavy atom. The first-order valence-corrected chi connectivity index (χ1v) is 11.9. The molecule has 0 aliphatic rings. The van der Waals surface area contributed by atoms with Crippen LogP contribution in [0.5, 0.6) is 0 Å². The van der Waals surface area contributed by atoms with Crippen LogP contribution in [0, 0.1) is 11.8 Å². The molecule has 4 rings (SSSR count). The number of hydrogen-bond donors (Lipinski definition) is 0. The second kappa shape index (κ2) is 8.27. The average molecular weight is 435 g/mol. The first kappa shape index (κ1) is 20.1. The van der Waals surface area contributed by atoms with Crippen LogP contribution in [0.25, 0.3) is 4.83 Å². The fraction of sp³-hybridized carbons (Fsp3) is 0.130. The van der Waals surface area contributed by atoms with Gasteiger partial charge in [0.25, 0.3) is 5.56 Å². The van der Waals surface area contributed by atoms with Crippen LogP contribution in [0.15, 0.2) is 76.8 Å². The average Bonchev–Trinajstić information content (AvgIpc) is 3.15. The Hall–Kier alpha value is -3.21. The predicted octanol–water partition coefficient (Wildman–Crippen LogP) is 3.34. The molecule has 0 unspecified atom stereocenters. The van der Waals surface area contributed by atoms with E-state index in [1.807, 2.05) is 24.3 Å². The van der Waals surface area contributed by atoms with Gasteiger partial charge >= 0.3 is 0 Å². The summed E-state index contributed by atoms with van der Waals surface area (Å²) in [7, 11) is -3.23. The Kier molecular flexibility index (Phi) is 5.53. The van der Waals surface area contributed by atoms with Crippen molar-refractivity contribution in [3.63, 3.8) is 0 Å². The molecule has 0 saturated carbocycles. The van der Waals surface area contributed by atoms with Crippen LogP contribution in [0.2, 0.25) is 0 Å². The van der Waals surface area contributed by atoms with E-state index in [9.17, 15) is 13.2 Å². The van der Waals surface area contributed by atoms with Gasteiger partial charge in [-0.1, -0.05) is 36.1 Å². The molecule has 30 heavy (non-hydrogen) atoms. The second-order valence-corrected chi connectivity index (χ2v) is 9.98. The highest BCUT2D eigenvalue weighted by Gasteiger charge is 2.10. The van der Waals surface area contributed by atoms with Crippen LogP contribution >= 0.6 is 11.3 Å². The van der Waals surface area contributed by atoms with Gasteiger partial charge in [0.15, 0.2) is 9.84 Å². The summed E-state index contributed by atoms with van der Waals surface area (Å²) >= 11 is 1.47. The minimum absolute atomic E-state index is 0.0868. The molecule has 0 saturated heterocycles. The summed E-state index contributed by atoms with van der Waals surface area (Å²) < 4.78 is 24.8. The molecule has 0 radical (unpaired) electrons. The van der Waals surface area contributed by atoms with Crippen molar-refractivity contribution in [2.75, 3.05) is 6.26 Å². The van der Waals surface area contributed by atoms with Crippen molar-refractivity contribution in [2.24, 2.45) is 0 Å². The minimum Gasteiger partial charge on any atom is -0.273 e. The van der Waals surface area contributed by atoms with Crippen LogP contribution in [0.1, 0.15) is 21.6 Å². The van der Waals surface area contributed by atoms with Gasteiger partial charge < -0.3 is 0 Å². The third-order valence-corrected chi connectivity index (χ3v) is 6.69. The number of benzene rings is 1. The molecule has 4 aromatic rings. The van der Waals surface area contributed by atoms with Crippen molar-refractivity contribution in [2.45, 2.75) is 17.7 Å². The van der Waals surface area contributed by atoms with Crippen molar-refractivity contribution >= 4 is 26.0 Å². The van der Waals surface area contributed by atoms with Crippen molar-refractivity contribution in [1.29, 1.82) is 0 Å². The fourth-order valence-electron chi connectivity index (χ4n) is 3.04. The van der Waals surface area contributed by atoms with Gasteiger partial charge in [-0.05, 0) is 35.4 Å². The van der Waals surface area contributed by atoms with Crippen molar-refractivity contribution < 1.29 is 8.42 Å². The van der Waals surface area contributed by atoms with Crippen molar-refractivity contribution in [1.82, 2.24) is 9.38 Å². The topological polar surface area (TPSA) is 68.5 Å². The molecule has 150 valence electrons. The lowest BCUT2D eigenvalue weighted by atomic mass is 10.1. The van der Waals surface area contributed by atoms with Crippen molar-refractivity contribution in [3.05, 3.63) is 99.0 Å². The van der Waals surface area contributed by atoms with E-state index in [4.69, 9.17) is 0 Å². The lowest BCUT2D eigenvalue weighted by Crippen LogP contribution is -2.16. The molecule has 0 spiro atoms. The van der Waals surface area contributed by atoms with Crippen LogP contribution in [-0.4, -0.2) is 24.1 Å². The first-order chi connectivity index (χ1) is 14.4. The molecular formula is C23H18N2O3S2. The monoisotopic (exact) mass is 434 g/mol. The standard InChI is InChI=1S/C23H18N2O3S2/c1-30(27,28)21-10-7-17(8-11-21)14-19-9-12-22-25(23(19)26)16-20(29-22)6-2-4-18-5-3-13-24-15-18/h3,5,7-13,15-16H,4,14H2,1H3. The van der Waals surface area contributed by atoms with E-state index in [1.54, 1.807) is 47.3 Å². The second-order valence-electron chi connectivity index (χ2n) is 6.90. The summed E-state index contributed by atoms with van der Waals surface area (Å²) in [5.41, 5.74) is 2.49. The maximum atomic E-state index is 12.9. The lowest BCUT2D eigenvalue weighted by molar-refractivity contribution is 0.602. The zero-order valence-electron chi connectivity index (χ0n) is 16.2. The van der Waals surface area contributed by atoms with Gasteiger partial charge in [-0.25, -0.2) is 8.42 Å². The molecule has 0 amide bonds. The van der Waals surface area contributed by atoms with E-state index in [0.29, 0.717) is 18.4 Å². The van der Waals surface area contributed by atoms with Crippen LogP contribution in [0.4, 0.5) is 0 Å². The zero-order valence-corrected chi connectivity index (χ0v) is 17.8. The molecule has 0 N–H and O–H groups in total. The Balaban J connectivity index is 1.56. The Morgan fingerprint density at radius 3 is 2.57 bits per heavy atom. The van der Waals surface area contributed by atoms with Crippen LogP contribution < -0.4 is 5.56 Å². The Morgan fingerprint density at radius 2 is 1.87 bits per heavy atom. The summed E-state index contributed by atoms with van der Waals surface area (Å²) in [5.74, 6) is 6.25. The smallest absolute Gasteiger partial charge is 0.259 e. The largest absolute Gasteiger partial charge is 0.273 e. The molecule has 3 heterocycles. The number of thiazole rings is 1. The van der Waals surface area contributed by atoms with Gasteiger partial charge in [-0.2, -0.15) is 0 Å². The molecule has 5 nitrogen and oxygen atoms in total. The summed E-state index contributed by atoms with van der Waals surface area (Å²) in [6.07, 6.45) is 7.51. The molecule has 0 aliphatic carbocycles. The molecular weight excluding hydrogens is 416 g/mol. The molecule has 0 aliphatic heterocycles. The van der Waals surface area contributed by atoms with E-state index >= 15 is 0 Å². The predicted molar refractivity (Wildman–Crippen MR) is 119 cm³/mol. The highest BCUT2D eigenvalue weighted by atomic mass is 32.2. The maximum absolute atomic E-state index is 12.9. The molecule has 0 fully saturated rings. The van der Waals surface area contributed by atoms with E-state index in [2.05, 4.69) is 16.8 Å². The number of rotatable bonds is 4. The highest BCUT2D eigenvalue weighted by molar-refractivity contribution is 7.90. The van der Waals surface area contributed by atoms with Gasteiger partial charge in [0.05, 0.1) is 9.77 Å². The maximum Gasteiger partial charge on any atom is 0.259 e. The van der Waals surface area contributed by atoms with Crippen LogP contribution in [0.3, 0.4) is 0 Å². The normalized spacial score (nSPS) is 11.2. The van der Waals surface area contributed by atoms with Gasteiger partial charge in [0, 0.05) is 43.3 Å². The SMILES string of the molecule is CS(=O)(=O)c1ccc(Cc2ccc3sc(C#CCc4cccnc4)cn3c2=O)cc1. The fourth-order valence-corrected chi connectivity index (χ4v) is 4.55. The minimum atomic E-state index is -3.23. The molecule has 0 bridgehead atoms. The number of hydrogen-bond acceptors (Lipinski definition) is 5. The summed E-state index contributed by atoms with van der Waals surface area (Å²) in [4.78, 5) is 18.9. The van der Waals surface area contributed by atoms with E-state index in [-0.39, 0.29) is 10.5 Å². The molecule has 7 heteroatoms. The van der Waals surface area contributed by atoms with Crippen LogP contribution in [-0.2, 0) is 22.7 Å². The Bertz CT molecular complexity index is 1420. The number of nitrogens with zero attached hydrogens (tertiary/aromatic N) is 2. The van der Waals surface area contributed by atoms with Gasteiger partial charge in [0.1, 0.15) is 4.83 Å². The zero-order chi connectivity index (χ0) is 21.1. The summed E-state index contributed by atoms with van der Waals surface area (Å²) in [6.45, 7) is 0. The van der Waals surface area contributed by atoms with Gasteiger partial charge in [-0.15, -0.1) is 11.3 Å². The number of fused-ring (bicyclic) bond motifs is 1. The number of pyridine rings is 2. The van der Waals surface area contributed by atoms with Gasteiger partial charge in [0.2, 0.25) is 0 Å². The molecule has 1 aromatic carbocycles. The lowest BCUT2D eigenvalue weighted by Gasteiger charge is -2.04. The number of sulfone groups is 1. The quantitative estimate of drug-likeness (QED) is 0.462. The highest BCUT2D eigenvalue weighted by Crippen LogP contribution is 2.18. The van der Waals surface area contributed by atoms with E-state index in [1.165, 1.54) is 17.6 Å². The van der Waals surface area contributed by atoms with Gasteiger partial charge in [-0.3, -0.25) is 14.2 Å².